The van der Waals surface area contributed by atoms with Gasteiger partial charge in [-0.3, -0.25) is 4.98 Å². The molecule has 198 valence electrons. The third-order valence-electron chi connectivity index (χ3n) is 4.78. The van der Waals surface area contributed by atoms with Crippen LogP contribution in [0.1, 0.15) is 21.7 Å². The zero-order chi connectivity index (χ0) is 26.8. The van der Waals surface area contributed by atoms with E-state index in [1.165, 1.54) is 33.8 Å². The lowest BCUT2D eigenvalue weighted by Crippen LogP contribution is -2.11. The van der Waals surface area contributed by atoms with Gasteiger partial charge < -0.3 is 13.5 Å². The molecule has 0 unspecified atom stereocenters. The number of thiophene rings is 2. The van der Waals surface area contributed by atoms with Crippen LogP contribution in [0.5, 0.6) is 11.5 Å². The molecule has 4 rings (SSSR count). The van der Waals surface area contributed by atoms with Gasteiger partial charge in [0.2, 0.25) is 5.03 Å². The topological polar surface area (TPSA) is 83.3 Å². The third kappa shape index (κ3) is 6.57. The lowest BCUT2D eigenvalue weighted by Gasteiger charge is -2.16. The molecular weight excluding hydrogens is 611 g/mol. The van der Waals surface area contributed by atoms with Crippen molar-refractivity contribution in [3.63, 3.8) is 0 Å². The predicted octanol–water partition coefficient (Wildman–Crippen LogP) is 6.68. The lowest BCUT2D eigenvalue weighted by atomic mass is 10.2. The Morgan fingerprint density at radius 2 is 2.03 bits per heavy atom. The number of aryl methyl sites for hydroxylation is 1. The molecule has 37 heavy (non-hydrogen) atoms. The molecule has 0 radical (unpaired) electrons. The molecule has 4 aromatic heterocycles. The van der Waals surface area contributed by atoms with Crippen LogP contribution in [-0.4, -0.2) is 23.0 Å². The van der Waals surface area contributed by atoms with Crippen LogP contribution >= 0.6 is 58.7 Å². The summed E-state index contributed by atoms with van der Waals surface area (Å²) in [6, 6.07) is 1.74. The Kier molecular flexibility index (Phi) is 8.70. The molecule has 0 aliphatic heterocycles. The molecule has 0 spiro atoms. The number of hydrogen-bond acceptors (Lipinski definition) is 10. The van der Waals surface area contributed by atoms with E-state index < -0.39 is 21.9 Å². The molecule has 0 saturated heterocycles. The maximum Gasteiger partial charge on any atom is 0.419 e. The Hall–Kier alpha value is -1.91. The zero-order valence-corrected chi connectivity index (χ0v) is 23.6. The summed E-state index contributed by atoms with van der Waals surface area (Å²) < 4.78 is 78.8. The van der Waals surface area contributed by atoms with Gasteiger partial charge in [-0.15, -0.1) is 34.4 Å². The summed E-state index contributed by atoms with van der Waals surface area (Å²) in [5.74, 6) is 0.963. The Bertz CT molecular complexity index is 1500. The molecule has 7 nitrogen and oxygen atoms in total. The number of hydrogen-bond donors (Lipinski definition) is 1. The molecule has 0 bridgehead atoms. The molecule has 0 fully saturated rings. The monoisotopic (exact) mass is 627 g/mol. The van der Waals surface area contributed by atoms with Crippen LogP contribution in [-0.2, 0) is 41.5 Å². The first-order valence-electron chi connectivity index (χ1n) is 10.1. The summed E-state index contributed by atoms with van der Waals surface area (Å²) in [5.41, 5.74) is -0.491. The number of nitrogens with zero attached hydrogens (tertiary/aromatic N) is 3. The lowest BCUT2D eigenvalue weighted by molar-refractivity contribution is -0.140. The minimum atomic E-state index is -4.71. The number of alkyl halides is 3. The van der Waals surface area contributed by atoms with Gasteiger partial charge >= 0.3 is 16.3 Å². The van der Waals surface area contributed by atoms with Crippen molar-refractivity contribution in [1.82, 2.24) is 14.5 Å². The second kappa shape index (κ2) is 11.5. The van der Waals surface area contributed by atoms with Crippen molar-refractivity contribution in [2.24, 2.45) is 7.05 Å². The van der Waals surface area contributed by atoms with Gasteiger partial charge in [0.25, 0.3) is 0 Å². The van der Waals surface area contributed by atoms with E-state index in [1.54, 1.807) is 18.5 Å². The van der Waals surface area contributed by atoms with E-state index in [9.17, 15) is 21.6 Å². The standard InChI is InChI=1S/C21H17ClF3N3O4S5/c1-28-5-18(27-11-28)37(29,30)32-16-10-34-8-12(16)9-36-20-13(21(23,24)25)4-26-14(19(20)22)6-31-15-2-3-35-17(15)7-33/h2-5,8,10-11,33H,6-7,9H2,1H3. The summed E-state index contributed by atoms with van der Waals surface area (Å²) >= 11 is 14.0. The van der Waals surface area contributed by atoms with Gasteiger partial charge in [-0.2, -0.15) is 34.2 Å². The Morgan fingerprint density at radius 3 is 2.70 bits per heavy atom. The van der Waals surface area contributed by atoms with E-state index in [0.29, 0.717) is 17.1 Å². The largest absolute Gasteiger partial charge is 0.486 e. The first-order chi connectivity index (χ1) is 17.5. The summed E-state index contributed by atoms with van der Waals surface area (Å²) in [4.78, 5) is 8.30. The van der Waals surface area contributed by atoms with Gasteiger partial charge in [-0.05, 0) is 16.8 Å². The normalized spacial score (nSPS) is 12.2. The number of ether oxygens (including phenoxy) is 1. The summed E-state index contributed by atoms with van der Waals surface area (Å²) in [6.07, 6.45) is -1.40. The average Bonchev–Trinajstić information content (AvgIpc) is 3.57. The highest BCUT2D eigenvalue weighted by atomic mass is 35.5. The fraction of sp³-hybridized carbons (Fsp3) is 0.238. The van der Waals surface area contributed by atoms with E-state index in [4.69, 9.17) is 20.5 Å². The minimum absolute atomic E-state index is 0.00203. The number of rotatable bonds is 10. The molecule has 0 aliphatic rings. The van der Waals surface area contributed by atoms with Crippen LogP contribution in [0.25, 0.3) is 0 Å². The summed E-state index contributed by atoms with van der Waals surface area (Å²) in [5, 5.41) is 4.39. The summed E-state index contributed by atoms with van der Waals surface area (Å²) in [7, 11) is -2.62. The van der Waals surface area contributed by atoms with Crippen molar-refractivity contribution >= 4 is 68.8 Å². The zero-order valence-electron chi connectivity index (χ0n) is 18.7. The molecule has 4 heterocycles. The van der Waals surface area contributed by atoms with Gasteiger partial charge in [0.05, 0.1) is 27.5 Å². The number of pyridine rings is 1. The Balaban J connectivity index is 1.56. The van der Waals surface area contributed by atoms with Gasteiger partial charge in [-0.1, -0.05) is 11.6 Å². The van der Waals surface area contributed by atoms with E-state index >= 15 is 0 Å². The van der Waals surface area contributed by atoms with E-state index in [1.807, 2.05) is 5.38 Å². The minimum Gasteiger partial charge on any atom is -0.486 e. The number of thioether (sulfide) groups is 1. The van der Waals surface area contributed by atoms with Crippen LogP contribution in [0.3, 0.4) is 0 Å². The summed E-state index contributed by atoms with van der Waals surface area (Å²) in [6.45, 7) is -0.142. The highest BCUT2D eigenvalue weighted by molar-refractivity contribution is 7.98. The van der Waals surface area contributed by atoms with Crippen LogP contribution < -0.4 is 8.92 Å². The van der Waals surface area contributed by atoms with E-state index in [2.05, 4.69) is 22.6 Å². The number of halogens is 4. The smallest absolute Gasteiger partial charge is 0.419 e. The van der Waals surface area contributed by atoms with Crippen LogP contribution in [0, 0.1) is 0 Å². The van der Waals surface area contributed by atoms with Crippen molar-refractivity contribution in [2.75, 3.05) is 0 Å². The first-order valence-corrected chi connectivity index (χ1v) is 15.4. The van der Waals surface area contributed by atoms with Crippen LogP contribution in [0.15, 0.2) is 50.8 Å². The first kappa shape index (κ1) is 28.1. The van der Waals surface area contributed by atoms with Crippen molar-refractivity contribution in [1.29, 1.82) is 0 Å². The molecule has 16 heteroatoms. The number of thiol groups is 1. The number of imidazole rings is 1. The van der Waals surface area contributed by atoms with E-state index in [-0.39, 0.29) is 38.7 Å². The second-order valence-electron chi connectivity index (χ2n) is 7.38. The van der Waals surface area contributed by atoms with Crippen molar-refractivity contribution in [3.8, 4) is 11.5 Å². The molecule has 0 N–H and O–H groups in total. The molecule has 4 aromatic rings. The Morgan fingerprint density at radius 1 is 1.24 bits per heavy atom. The second-order valence-corrected chi connectivity index (χ2v) is 12.3. The molecule has 0 aromatic carbocycles. The van der Waals surface area contributed by atoms with Crippen LogP contribution in [0.2, 0.25) is 5.02 Å². The van der Waals surface area contributed by atoms with Crippen molar-refractivity contribution in [2.45, 2.75) is 34.2 Å². The predicted molar refractivity (Wildman–Crippen MR) is 140 cm³/mol. The Labute approximate surface area is 233 Å². The van der Waals surface area contributed by atoms with Crippen LogP contribution in [0.4, 0.5) is 13.2 Å². The molecule has 0 atom stereocenters. The van der Waals surface area contributed by atoms with Gasteiger partial charge in [0.1, 0.15) is 12.4 Å². The highest BCUT2D eigenvalue weighted by Crippen LogP contribution is 2.43. The number of aromatic nitrogens is 3. The fourth-order valence-electron chi connectivity index (χ4n) is 2.99. The highest BCUT2D eigenvalue weighted by Gasteiger charge is 2.36. The van der Waals surface area contributed by atoms with Gasteiger partial charge in [-0.25, -0.2) is 4.98 Å². The average molecular weight is 628 g/mol. The van der Waals surface area contributed by atoms with Gasteiger partial charge in [0.15, 0.2) is 5.75 Å². The van der Waals surface area contributed by atoms with Gasteiger partial charge in [0, 0.05) is 46.8 Å². The molecule has 0 aliphatic carbocycles. The maximum atomic E-state index is 13.8. The SMILES string of the molecule is Cn1cnc(S(=O)(=O)Oc2cscc2CSc2c(C(F)(F)F)cnc(COc3ccsc3CS)c2Cl)c1. The fourth-order valence-corrected chi connectivity index (χ4v) is 7.37. The molecule has 0 amide bonds. The van der Waals surface area contributed by atoms with E-state index in [0.717, 1.165) is 34.2 Å². The molecular formula is C21H17ClF3N3O4S5. The molecule has 0 saturated carbocycles. The maximum absolute atomic E-state index is 13.8. The van der Waals surface area contributed by atoms with Crippen molar-refractivity contribution < 1.29 is 30.5 Å². The quantitative estimate of drug-likeness (QED) is 0.119. The van der Waals surface area contributed by atoms with Crippen molar-refractivity contribution in [3.05, 3.63) is 67.6 Å². The third-order valence-corrected chi connectivity index (χ3v) is 9.79.